The predicted octanol–water partition coefficient (Wildman–Crippen LogP) is 4.67. The van der Waals surface area contributed by atoms with Crippen LogP contribution in [0.4, 0.5) is 10.2 Å². The Labute approximate surface area is 132 Å². The van der Waals surface area contributed by atoms with Gasteiger partial charge in [0.25, 0.3) is 0 Å². The highest BCUT2D eigenvalue weighted by Crippen LogP contribution is 2.45. The first kappa shape index (κ1) is 14.6. The molecule has 112 valence electrons. The van der Waals surface area contributed by atoms with Crippen LogP contribution in [0, 0.1) is 5.82 Å². The third-order valence-corrected chi connectivity index (χ3v) is 4.43. The molecule has 1 aliphatic rings. The molecular weight excluding hydrogens is 333 g/mol. The first-order valence-corrected chi connectivity index (χ1v) is 7.92. The molecule has 1 aromatic carbocycles. The first-order valence-electron chi connectivity index (χ1n) is 7.13. The molecule has 5 heteroatoms. The molecule has 1 saturated carbocycles. The lowest BCUT2D eigenvalue weighted by molar-refractivity contribution is 0.388. The fraction of sp³-hybridized carbons (Fsp3) is 0.438. The number of nitrogens with two attached hydrogens (primary N) is 1. The van der Waals surface area contributed by atoms with Crippen molar-refractivity contribution < 1.29 is 4.39 Å². The largest absolute Gasteiger partial charge is 0.383 e. The third-order valence-electron chi connectivity index (χ3n) is 3.74. The summed E-state index contributed by atoms with van der Waals surface area (Å²) in [5, 5.41) is 0. The van der Waals surface area contributed by atoms with Gasteiger partial charge in [0, 0.05) is 21.5 Å². The van der Waals surface area contributed by atoms with Crippen molar-refractivity contribution in [2.45, 2.75) is 45.1 Å². The van der Waals surface area contributed by atoms with Crippen molar-refractivity contribution >= 4 is 21.7 Å². The van der Waals surface area contributed by atoms with Crippen molar-refractivity contribution in [1.82, 2.24) is 9.55 Å². The molecule has 1 aromatic heterocycles. The highest BCUT2D eigenvalue weighted by atomic mass is 79.9. The molecule has 21 heavy (non-hydrogen) atoms. The fourth-order valence-electron chi connectivity index (χ4n) is 2.65. The summed E-state index contributed by atoms with van der Waals surface area (Å²) in [4.78, 5) is 4.75. The number of hydrogen-bond acceptors (Lipinski definition) is 2. The lowest BCUT2D eigenvalue weighted by Crippen LogP contribution is -2.25. The zero-order valence-corrected chi connectivity index (χ0v) is 14.0. The van der Waals surface area contributed by atoms with Gasteiger partial charge in [0.2, 0.25) is 0 Å². The Morgan fingerprint density at radius 3 is 2.57 bits per heavy atom. The second kappa shape index (κ2) is 4.83. The number of aromatic nitrogens is 2. The number of hydrogen-bond donors (Lipinski definition) is 1. The Kier molecular flexibility index (Phi) is 3.35. The molecule has 3 nitrogen and oxygen atoms in total. The van der Waals surface area contributed by atoms with Crippen molar-refractivity contribution in [2.75, 3.05) is 5.73 Å². The Bertz CT molecular complexity index is 696. The summed E-state index contributed by atoms with van der Waals surface area (Å²) >= 11 is 3.47. The predicted molar refractivity (Wildman–Crippen MR) is 86.7 cm³/mol. The zero-order valence-electron chi connectivity index (χ0n) is 12.5. The van der Waals surface area contributed by atoms with E-state index in [0.29, 0.717) is 23.0 Å². The van der Waals surface area contributed by atoms with Crippen molar-refractivity contribution in [3.8, 4) is 11.3 Å². The molecule has 0 spiro atoms. The quantitative estimate of drug-likeness (QED) is 0.854. The highest BCUT2D eigenvalue weighted by molar-refractivity contribution is 9.10. The Morgan fingerprint density at radius 1 is 1.33 bits per heavy atom. The summed E-state index contributed by atoms with van der Waals surface area (Å²) in [6.07, 6.45) is 2.30. The van der Waals surface area contributed by atoms with Crippen LogP contribution in [0.3, 0.4) is 0 Å². The molecular formula is C16H19BrFN3. The first-order chi connectivity index (χ1) is 9.79. The van der Waals surface area contributed by atoms with Gasteiger partial charge in [-0.2, -0.15) is 0 Å². The molecule has 0 unspecified atom stereocenters. The Morgan fingerprint density at radius 2 is 2.00 bits per heavy atom. The topological polar surface area (TPSA) is 43.8 Å². The van der Waals surface area contributed by atoms with Crippen LogP contribution in [-0.4, -0.2) is 9.55 Å². The van der Waals surface area contributed by atoms with E-state index in [1.54, 1.807) is 6.07 Å². The lowest BCUT2D eigenvalue weighted by Gasteiger charge is -2.25. The summed E-state index contributed by atoms with van der Waals surface area (Å²) in [5.74, 6) is 1.82. The summed E-state index contributed by atoms with van der Waals surface area (Å²) in [7, 11) is 0. The molecule has 0 atom stereocenters. The van der Waals surface area contributed by atoms with Gasteiger partial charge in [-0.15, -0.1) is 0 Å². The van der Waals surface area contributed by atoms with Gasteiger partial charge in [0.1, 0.15) is 23.2 Å². The van der Waals surface area contributed by atoms with Gasteiger partial charge in [0.15, 0.2) is 0 Å². The van der Waals surface area contributed by atoms with E-state index in [1.165, 1.54) is 12.1 Å². The molecule has 2 N–H and O–H groups in total. The maximum atomic E-state index is 13.6. The molecule has 1 fully saturated rings. The fourth-order valence-corrected chi connectivity index (χ4v) is 3.08. The van der Waals surface area contributed by atoms with Crippen LogP contribution in [0.2, 0.25) is 0 Å². The summed E-state index contributed by atoms with van der Waals surface area (Å²) in [6, 6.07) is 4.59. The van der Waals surface area contributed by atoms with Crippen LogP contribution in [0.15, 0.2) is 22.7 Å². The van der Waals surface area contributed by atoms with Crippen molar-refractivity contribution in [3.63, 3.8) is 0 Å². The molecule has 2 aromatic rings. The zero-order chi connectivity index (χ0) is 15.4. The second-order valence-corrected chi connectivity index (χ2v) is 7.46. The minimum atomic E-state index is -0.286. The summed E-state index contributed by atoms with van der Waals surface area (Å²) in [5.41, 5.74) is 7.59. The van der Waals surface area contributed by atoms with Gasteiger partial charge in [-0.25, -0.2) is 9.37 Å². The second-order valence-electron chi connectivity index (χ2n) is 6.61. The number of anilines is 1. The van der Waals surface area contributed by atoms with E-state index in [1.807, 2.05) is 0 Å². The van der Waals surface area contributed by atoms with Crippen LogP contribution in [-0.2, 0) is 5.54 Å². The smallest absolute Gasteiger partial charge is 0.132 e. The number of halogens is 2. The van der Waals surface area contributed by atoms with E-state index in [9.17, 15) is 4.39 Å². The lowest BCUT2D eigenvalue weighted by atomic mass is 10.1. The van der Waals surface area contributed by atoms with Crippen LogP contribution in [0.25, 0.3) is 11.3 Å². The molecule has 0 aliphatic heterocycles. The van der Waals surface area contributed by atoms with E-state index in [4.69, 9.17) is 10.7 Å². The average molecular weight is 352 g/mol. The van der Waals surface area contributed by atoms with Crippen molar-refractivity contribution in [2.24, 2.45) is 0 Å². The van der Waals surface area contributed by atoms with Gasteiger partial charge in [-0.05, 0) is 51.8 Å². The summed E-state index contributed by atoms with van der Waals surface area (Å²) in [6.45, 7) is 6.34. The maximum absolute atomic E-state index is 13.6. The van der Waals surface area contributed by atoms with Gasteiger partial charge < -0.3 is 10.3 Å². The number of rotatable bonds is 2. The minimum absolute atomic E-state index is 0.146. The minimum Gasteiger partial charge on any atom is -0.383 e. The Hall–Kier alpha value is -1.36. The van der Waals surface area contributed by atoms with E-state index >= 15 is 0 Å². The highest BCUT2D eigenvalue weighted by Gasteiger charge is 2.34. The van der Waals surface area contributed by atoms with Gasteiger partial charge in [-0.3, -0.25) is 0 Å². The van der Waals surface area contributed by atoms with Gasteiger partial charge in [-0.1, -0.05) is 15.9 Å². The average Bonchev–Trinajstić information content (AvgIpc) is 3.15. The van der Waals surface area contributed by atoms with Crippen LogP contribution in [0.1, 0.15) is 45.4 Å². The molecule has 0 amide bonds. The van der Waals surface area contributed by atoms with Gasteiger partial charge in [0.05, 0.1) is 0 Å². The monoisotopic (exact) mass is 351 g/mol. The van der Waals surface area contributed by atoms with E-state index in [2.05, 4.69) is 41.3 Å². The summed E-state index contributed by atoms with van der Waals surface area (Å²) < 4.78 is 16.5. The number of nitrogens with zero attached hydrogens (tertiary/aromatic N) is 2. The molecule has 0 saturated heterocycles. The van der Waals surface area contributed by atoms with Gasteiger partial charge >= 0.3 is 0 Å². The number of imidazole rings is 1. The molecule has 1 aliphatic carbocycles. The van der Waals surface area contributed by atoms with Crippen LogP contribution >= 0.6 is 15.9 Å². The molecule has 0 radical (unpaired) electrons. The normalized spacial score (nSPS) is 15.5. The van der Waals surface area contributed by atoms with E-state index in [0.717, 1.165) is 23.1 Å². The van der Waals surface area contributed by atoms with Crippen LogP contribution < -0.4 is 5.73 Å². The van der Waals surface area contributed by atoms with Crippen molar-refractivity contribution in [1.29, 1.82) is 0 Å². The van der Waals surface area contributed by atoms with Crippen LogP contribution in [0.5, 0.6) is 0 Å². The number of benzene rings is 1. The third kappa shape index (κ3) is 2.59. The number of nitrogen functional groups attached to an aromatic ring is 1. The van der Waals surface area contributed by atoms with Crippen molar-refractivity contribution in [3.05, 3.63) is 34.3 Å². The molecule has 1 heterocycles. The Balaban J connectivity index is 2.22. The maximum Gasteiger partial charge on any atom is 0.132 e. The SMILES string of the molecule is CC(C)(C)n1c(C2CC2)nc(-c2cc(F)ccc2Br)c1N. The molecule has 3 rings (SSSR count). The van der Waals surface area contributed by atoms with E-state index in [-0.39, 0.29) is 11.4 Å². The molecule has 0 bridgehead atoms. The standard InChI is InChI=1S/C16H19BrFN3/c1-16(2,3)21-14(19)13(20-15(21)9-4-5-9)11-8-10(18)6-7-12(11)17/h6-9H,4-5,19H2,1-3H3. The van der Waals surface area contributed by atoms with E-state index < -0.39 is 0 Å².